The van der Waals surface area contributed by atoms with Crippen LogP contribution in [0.1, 0.15) is 12.8 Å². The first-order chi connectivity index (χ1) is 9.52. The predicted molar refractivity (Wildman–Crippen MR) is 82.9 cm³/mol. The Kier molecular flexibility index (Phi) is 3.38. The molecule has 106 valence electrons. The molecule has 0 spiro atoms. The summed E-state index contributed by atoms with van der Waals surface area (Å²) >= 11 is 2.15. The molecule has 0 radical (unpaired) electrons. The highest BCUT2D eigenvalue weighted by Crippen LogP contribution is 2.37. The van der Waals surface area contributed by atoms with E-state index in [9.17, 15) is 4.79 Å². The van der Waals surface area contributed by atoms with Crippen molar-refractivity contribution in [1.29, 1.82) is 0 Å². The summed E-state index contributed by atoms with van der Waals surface area (Å²) in [6.45, 7) is 1.08. The SMILES string of the molecule is N[N+]12C=CN=CC1=C(C1CCN(C(=O)O)CC1)N=C2I. The Morgan fingerprint density at radius 2 is 2.20 bits per heavy atom. The molecule has 3 aliphatic heterocycles. The highest BCUT2D eigenvalue weighted by atomic mass is 127. The van der Waals surface area contributed by atoms with Crippen molar-refractivity contribution in [2.75, 3.05) is 13.1 Å². The number of rotatable bonds is 1. The van der Waals surface area contributed by atoms with Gasteiger partial charge in [0.1, 0.15) is 11.9 Å². The van der Waals surface area contributed by atoms with E-state index in [1.807, 2.05) is 0 Å². The van der Waals surface area contributed by atoms with Crippen molar-refractivity contribution in [2.45, 2.75) is 12.8 Å². The third-order valence-electron chi connectivity index (χ3n) is 3.92. The second-order valence-electron chi connectivity index (χ2n) is 5.05. The van der Waals surface area contributed by atoms with E-state index in [1.165, 1.54) is 4.90 Å². The molecule has 1 amide bonds. The number of nitrogens with zero attached hydrogens (tertiary/aromatic N) is 4. The van der Waals surface area contributed by atoms with Gasteiger partial charge in [-0.05, 0) is 12.8 Å². The van der Waals surface area contributed by atoms with Crippen molar-refractivity contribution in [3.05, 3.63) is 23.8 Å². The number of halogens is 1. The van der Waals surface area contributed by atoms with Gasteiger partial charge in [-0.2, -0.15) is 10.8 Å². The molecular weight excluding hydrogens is 373 g/mol. The minimum absolute atomic E-state index is 0.0819. The molecule has 0 bridgehead atoms. The summed E-state index contributed by atoms with van der Waals surface area (Å²) < 4.78 is 0.870. The van der Waals surface area contributed by atoms with Crippen LogP contribution in [0.4, 0.5) is 4.79 Å². The number of hydrogen-bond acceptors (Lipinski definition) is 4. The number of nitrogens with two attached hydrogens (primary N) is 1. The lowest BCUT2D eigenvalue weighted by atomic mass is 9.92. The van der Waals surface area contributed by atoms with E-state index < -0.39 is 6.09 Å². The molecule has 1 atom stereocenters. The van der Waals surface area contributed by atoms with Crippen LogP contribution in [-0.2, 0) is 0 Å². The van der Waals surface area contributed by atoms with E-state index in [2.05, 4.69) is 32.6 Å². The Bertz CT molecular complexity index is 574. The lowest BCUT2D eigenvalue weighted by Gasteiger charge is -2.30. The second kappa shape index (κ2) is 4.93. The van der Waals surface area contributed by atoms with E-state index >= 15 is 0 Å². The van der Waals surface area contributed by atoms with Crippen molar-refractivity contribution in [3.8, 4) is 0 Å². The van der Waals surface area contributed by atoms with Crippen molar-refractivity contribution in [3.63, 3.8) is 0 Å². The lowest BCUT2D eigenvalue weighted by Crippen LogP contribution is -2.50. The Morgan fingerprint density at radius 3 is 2.85 bits per heavy atom. The summed E-state index contributed by atoms with van der Waals surface area (Å²) in [7, 11) is 0. The first-order valence-electron chi connectivity index (χ1n) is 6.38. The summed E-state index contributed by atoms with van der Waals surface area (Å²) in [4.78, 5) is 21.2. The second-order valence-corrected chi connectivity index (χ2v) is 6.01. The van der Waals surface area contributed by atoms with Gasteiger partial charge < -0.3 is 10.0 Å². The van der Waals surface area contributed by atoms with Crippen LogP contribution in [-0.4, -0.2) is 43.8 Å². The van der Waals surface area contributed by atoms with Crippen LogP contribution in [0, 0.1) is 5.92 Å². The van der Waals surface area contributed by atoms with E-state index in [4.69, 9.17) is 10.9 Å². The molecule has 3 aliphatic rings. The first-order valence-corrected chi connectivity index (χ1v) is 7.46. The van der Waals surface area contributed by atoms with Crippen LogP contribution >= 0.6 is 22.6 Å². The fraction of sp³-hybridized carbons (Fsp3) is 0.417. The summed E-state index contributed by atoms with van der Waals surface area (Å²) in [5.74, 6) is 6.58. The van der Waals surface area contributed by atoms with Gasteiger partial charge in [-0.15, -0.1) is 4.59 Å². The molecule has 1 fully saturated rings. The van der Waals surface area contributed by atoms with Gasteiger partial charge in [0, 0.05) is 19.0 Å². The Labute approximate surface area is 129 Å². The maximum absolute atomic E-state index is 10.9. The van der Waals surface area contributed by atoms with Crippen LogP contribution < -0.4 is 5.84 Å². The molecule has 1 saturated heterocycles. The quantitative estimate of drug-likeness (QED) is 0.310. The van der Waals surface area contributed by atoms with Crippen molar-refractivity contribution < 1.29 is 14.5 Å². The van der Waals surface area contributed by atoms with Crippen molar-refractivity contribution in [2.24, 2.45) is 21.7 Å². The molecule has 20 heavy (non-hydrogen) atoms. The summed E-state index contributed by atoms with van der Waals surface area (Å²) in [6, 6.07) is 0. The number of fused-ring (bicyclic) bond motifs is 1. The minimum Gasteiger partial charge on any atom is -0.465 e. The fourth-order valence-corrected chi connectivity index (χ4v) is 3.41. The molecule has 0 aromatic heterocycles. The van der Waals surface area contributed by atoms with Crippen LogP contribution in [0.25, 0.3) is 0 Å². The van der Waals surface area contributed by atoms with Crippen molar-refractivity contribution in [1.82, 2.24) is 4.90 Å². The van der Waals surface area contributed by atoms with Crippen LogP contribution in [0.15, 0.2) is 33.8 Å². The molecule has 3 rings (SSSR count). The number of aliphatic imine (C=N–C) groups is 2. The number of likely N-dealkylation sites (tertiary alicyclic amines) is 1. The average molecular weight is 388 g/mol. The monoisotopic (exact) mass is 388 g/mol. The lowest BCUT2D eigenvalue weighted by molar-refractivity contribution is -0.745. The molecule has 0 aromatic rings. The Hall–Kier alpha value is -1.26. The highest BCUT2D eigenvalue weighted by molar-refractivity contribution is 14.1. The number of allylic oxidation sites excluding steroid dienone is 2. The maximum atomic E-state index is 10.9. The zero-order chi connectivity index (χ0) is 14.3. The van der Waals surface area contributed by atoms with E-state index in [0.29, 0.717) is 13.1 Å². The Morgan fingerprint density at radius 1 is 1.50 bits per heavy atom. The van der Waals surface area contributed by atoms with Gasteiger partial charge in [-0.3, -0.25) is 4.99 Å². The molecule has 0 aliphatic carbocycles. The predicted octanol–water partition coefficient (Wildman–Crippen LogP) is 1.64. The largest absolute Gasteiger partial charge is 0.465 e. The molecule has 0 saturated carbocycles. The number of amides is 1. The third-order valence-corrected chi connectivity index (χ3v) is 4.96. The summed E-state index contributed by atoms with van der Waals surface area (Å²) in [6.07, 6.45) is 5.94. The number of quaternary nitrogens is 1. The van der Waals surface area contributed by atoms with Gasteiger partial charge in [0.05, 0.1) is 35.0 Å². The molecule has 0 aromatic carbocycles. The van der Waals surface area contributed by atoms with Gasteiger partial charge >= 0.3 is 6.09 Å². The van der Waals surface area contributed by atoms with E-state index in [0.717, 1.165) is 28.1 Å². The van der Waals surface area contributed by atoms with Gasteiger partial charge in [-0.25, -0.2) is 4.79 Å². The molecule has 3 N–H and O–H groups in total. The van der Waals surface area contributed by atoms with Gasteiger partial charge in [-0.1, -0.05) is 0 Å². The van der Waals surface area contributed by atoms with E-state index in [-0.39, 0.29) is 10.5 Å². The third kappa shape index (κ3) is 2.07. The summed E-state index contributed by atoms with van der Waals surface area (Å²) in [5, 5.41) is 8.99. The maximum Gasteiger partial charge on any atom is 0.407 e. The first kappa shape index (κ1) is 13.7. The zero-order valence-electron chi connectivity index (χ0n) is 10.7. The number of piperidine rings is 1. The van der Waals surface area contributed by atoms with Gasteiger partial charge in [0.2, 0.25) is 5.70 Å². The molecular formula is C12H15IN5O2+. The molecule has 3 heterocycles. The van der Waals surface area contributed by atoms with Crippen LogP contribution in [0.2, 0.25) is 0 Å². The number of carboxylic acid groups (broad SMARTS) is 1. The van der Waals surface area contributed by atoms with Gasteiger partial charge in [0.15, 0.2) is 0 Å². The van der Waals surface area contributed by atoms with Crippen LogP contribution in [0.3, 0.4) is 0 Å². The topological polar surface area (TPSA) is 91.3 Å². The fourth-order valence-electron chi connectivity index (χ4n) is 2.73. The molecule has 7 nitrogen and oxygen atoms in total. The normalized spacial score (nSPS) is 29.7. The molecule has 1 unspecified atom stereocenters. The number of carbonyl (C=O) groups is 1. The number of amidine groups is 1. The average Bonchev–Trinajstić information content (AvgIpc) is 2.71. The standard InChI is InChI=1S/C12H14IN5O2/c13-11-16-10(9-7-15-3-6-18(9,11)14)8-1-4-17(5-2-8)12(19)20/h3,6-8H,1-2,4-5,14H2/p+1. The minimum atomic E-state index is -0.850. The van der Waals surface area contributed by atoms with E-state index in [1.54, 1.807) is 18.6 Å². The summed E-state index contributed by atoms with van der Waals surface area (Å²) in [5.41, 5.74) is 1.85. The van der Waals surface area contributed by atoms with Crippen molar-refractivity contribution >= 4 is 38.7 Å². The van der Waals surface area contributed by atoms with Gasteiger partial charge in [0.25, 0.3) is 3.84 Å². The number of hydrogen-bond donors (Lipinski definition) is 2. The zero-order valence-corrected chi connectivity index (χ0v) is 12.9. The van der Waals surface area contributed by atoms with Crippen LogP contribution in [0.5, 0.6) is 0 Å². The highest BCUT2D eigenvalue weighted by Gasteiger charge is 2.44. The Balaban J connectivity index is 1.85. The molecule has 8 heteroatoms. The smallest absolute Gasteiger partial charge is 0.407 e.